The maximum Gasteiger partial charge on any atom is 0.178 e. The second kappa shape index (κ2) is 2.66. The zero-order valence-electron chi connectivity index (χ0n) is 6.41. The molecule has 1 aliphatic rings. The van der Waals surface area contributed by atoms with Gasteiger partial charge in [-0.15, -0.1) is 0 Å². The Balaban J connectivity index is 2.39. The summed E-state index contributed by atoms with van der Waals surface area (Å²) in [4.78, 5) is 0. The van der Waals surface area contributed by atoms with Crippen molar-refractivity contribution in [2.24, 2.45) is 0 Å². The van der Waals surface area contributed by atoms with Crippen LogP contribution in [0, 0.1) is 0 Å². The van der Waals surface area contributed by atoms with Gasteiger partial charge < -0.3 is 20.8 Å². The van der Waals surface area contributed by atoms with Gasteiger partial charge in [0, 0.05) is 5.56 Å². The Hall–Kier alpha value is -1.26. The normalized spacial score (nSPS) is 13.9. The third-order valence-corrected chi connectivity index (χ3v) is 1.90. The fraction of sp³-hybridized carbons (Fsp3) is 0.250. The van der Waals surface area contributed by atoms with Gasteiger partial charge in [-0.3, -0.25) is 0 Å². The maximum absolute atomic E-state index is 8.86. The van der Waals surface area contributed by atoms with Gasteiger partial charge in [0.25, 0.3) is 0 Å². The lowest BCUT2D eigenvalue weighted by atomic mass is 10.2. The number of aliphatic hydroxyl groups excluding tert-OH is 1. The number of nitrogens with one attached hydrogen (secondary N) is 2. The van der Waals surface area contributed by atoms with E-state index in [0.29, 0.717) is 12.2 Å². The Morgan fingerprint density at radius 2 is 1.92 bits per heavy atom. The van der Waals surface area contributed by atoms with E-state index in [1.165, 1.54) is 0 Å². The number of anilines is 2. The average Bonchev–Trinajstić information content (AvgIpc) is 2.49. The van der Waals surface area contributed by atoms with Crippen LogP contribution in [0.2, 0.25) is 0 Å². The predicted octanol–water partition coefficient (Wildman–Crippen LogP) is 0.465. The van der Waals surface area contributed by atoms with Crippen LogP contribution in [0.5, 0.6) is 0 Å². The van der Waals surface area contributed by atoms with Crippen molar-refractivity contribution in [3.63, 3.8) is 0 Å². The van der Waals surface area contributed by atoms with Crippen LogP contribution < -0.4 is 10.6 Å². The molecule has 4 nitrogen and oxygen atoms in total. The van der Waals surface area contributed by atoms with Crippen LogP contribution in [0.4, 0.5) is 11.4 Å². The number of hydrogen-bond donors (Lipinski definition) is 4. The minimum atomic E-state index is -1.39. The van der Waals surface area contributed by atoms with E-state index >= 15 is 0 Å². The van der Waals surface area contributed by atoms with Crippen LogP contribution in [-0.2, 0) is 0 Å². The van der Waals surface area contributed by atoms with Gasteiger partial charge in [-0.1, -0.05) is 6.07 Å². The van der Waals surface area contributed by atoms with Crippen LogP contribution in [0.15, 0.2) is 18.2 Å². The Morgan fingerprint density at radius 1 is 1.17 bits per heavy atom. The molecule has 0 saturated carbocycles. The molecule has 1 aliphatic heterocycles. The summed E-state index contributed by atoms with van der Waals surface area (Å²) in [6.45, 7) is 0.695. The van der Waals surface area contributed by atoms with Gasteiger partial charge in [0.2, 0.25) is 0 Å². The van der Waals surface area contributed by atoms with E-state index in [0.717, 1.165) is 11.4 Å². The fourth-order valence-electron chi connectivity index (χ4n) is 1.26. The Labute approximate surface area is 69.8 Å². The highest BCUT2D eigenvalue weighted by Crippen LogP contribution is 2.28. The lowest BCUT2D eigenvalue weighted by Gasteiger charge is -2.05. The first kappa shape index (κ1) is 7.39. The Kier molecular flexibility index (Phi) is 1.64. The van der Waals surface area contributed by atoms with E-state index in [9.17, 15) is 0 Å². The molecule has 4 heteroatoms. The van der Waals surface area contributed by atoms with Gasteiger partial charge in [0.15, 0.2) is 6.29 Å². The van der Waals surface area contributed by atoms with Crippen LogP contribution >= 0.6 is 0 Å². The second-order valence-electron chi connectivity index (χ2n) is 2.71. The van der Waals surface area contributed by atoms with Gasteiger partial charge in [0.05, 0.1) is 18.0 Å². The second-order valence-corrected chi connectivity index (χ2v) is 2.71. The van der Waals surface area contributed by atoms with Crippen molar-refractivity contribution >= 4 is 11.4 Å². The minimum Gasteiger partial charge on any atom is -0.366 e. The zero-order chi connectivity index (χ0) is 8.55. The standard InChI is InChI=1S/C8H10N2O2/c11-8(12)5-1-2-6-7(3-5)10-4-9-6/h1-3,8-12H,4H2. The largest absolute Gasteiger partial charge is 0.366 e. The van der Waals surface area contributed by atoms with Crippen LogP contribution in [0.1, 0.15) is 11.9 Å². The van der Waals surface area contributed by atoms with E-state index in [-0.39, 0.29) is 0 Å². The number of rotatable bonds is 1. The molecule has 1 heterocycles. The van der Waals surface area contributed by atoms with Crippen molar-refractivity contribution in [2.45, 2.75) is 6.29 Å². The fourth-order valence-corrected chi connectivity index (χ4v) is 1.26. The molecule has 0 amide bonds. The van der Waals surface area contributed by atoms with Crippen molar-refractivity contribution < 1.29 is 10.2 Å². The summed E-state index contributed by atoms with van der Waals surface area (Å²) in [6.07, 6.45) is -1.39. The molecular formula is C8H10N2O2. The molecule has 0 atom stereocenters. The van der Waals surface area contributed by atoms with Crippen LogP contribution in [0.25, 0.3) is 0 Å². The SMILES string of the molecule is OC(O)c1ccc2c(c1)NCN2. The van der Waals surface area contributed by atoms with E-state index in [1.807, 2.05) is 6.07 Å². The lowest BCUT2D eigenvalue weighted by Crippen LogP contribution is -1.99. The molecule has 64 valence electrons. The molecule has 4 N–H and O–H groups in total. The summed E-state index contributed by atoms with van der Waals surface area (Å²) in [5, 5.41) is 23.9. The molecular weight excluding hydrogens is 156 g/mol. The quantitative estimate of drug-likeness (QED) is 0.458. The van der Waals surface area contributed by atoms with Gasteiger partial charge in [-0.2, -0.15) is 0 Å². The molecule has 0 bridgehead atoms. The molecule has 1 aromatic carbocycles. The molecule has 0 aromatic heterocycles. The van der Waals surface area contributed by atoms with Gasteiger partial charge >= 0.3 is 0 Å². The molecule has 0 aliphatic carbocycles. The van der Waals surface area contributed by atoms with E-state index in [2.05, 4.69) is 10.6 Å². The predicted molar refractivity (Wildman–Crippen MR) is 45.7 cm³/mol. The topological polar surface area (TPSA) is 64.5 Å². The Morgan fingerprint density at radius 3 is 2.67 bits per heavy atom. The van der Waals surface area contributed by atoms with Crippen molar-refractivity contribution in [1.29, 1.82) is 0 Å². The number of hydrogen-bond acceptors (Lipinski definition) is 4. The van der Waals surface area contributed by atoms with Gasteiger partial charge in [-0.25, -0.2) is 0 Å². The third-order valence-electron chi connectivity index (χ3n) is 1.90. The highest BCUT2D eigenvalue weighted by Gasteiger charge is 2.11. The summed E-state index contributed by atoms with van der Waals surface area (Å²) >= 11 is 0. The molecule has 0 fully saturated rings. The van der Waals surface area contributed by atoms with Crippen molar-refractivity contribution in [3.8, 4) is 0 Å². The molecule has 0 saturated heterocycles. The first-order valence-electron chi connectivity index (χ1n) is 3.75. The van der Waals surface area contributed by atoms with Crippen molar-refractivity contribution in [1.82, 2.24) is 0 Å². The first-order valence-corrected chi connectivity index (χ1v) is 3.75. The number of benzene rings is 1. The monoisotopic (exact) mass is 166 g/mol. The third kappa shape index (κ3) is 1.11. The summed E-state index contributed by atoms with van der Waals surface area (Å²) in [5.74, 6) is 0. The zero-order valence-corrected chi connectivity index (χ0v) is 6.41. The first-order chi connectivity index (χ1) is 5.77. The van der Waals surface area contributed by atoms with E-state index in [4.69, 9.17) is 10.2 Å². The van der Waals surface area contributed by atoms with Crippen LogP contribution in [-0.4, -0.2) is 16.9 Å². The number of aliphatic hydroxyl groups is 2. The highest BCUT2D eigenvalue weighted by molar-refractivity contribution is 5.73. The molecule has 0 spiro atoms. The summed E-state index contributed by atoms with van der Waals surface area (Å²) in [5.41, 5.74) is 2.42. The highest BCUT2D eigenvalue weighted by atomic mass is 16.5. The molecule has 0 radical (unpaired) electrons. The summed E-state index contributed by atoms with van der Waals surface area (Å²) < 4.78 is 0. The Bertz CT molecular complexity index is 299. The average molecular weight is 166 g/mol. The number of fused-ring (bicyclic) bond motifs is 1. The molecule has 2 rings (SSSR count). The molecule has 0 unspecified atom stereocenters. The smallest absolute Gasteiger partial charge is 0.178 e. The van der Waals surface area contributed by atoms with Gasteiger partial charge in [-0.05, 0) is 12.1 Å². The van der Waals surface area contributed by atoms with Crippen molar-refractivity contribution in [3.05, 3.63) is 23.8 Å². The van der Waals surface area contributed by atoms with Crippen LogP contribution in [0.3, 0.4) is 0 Å². The summed E-state index contributed by atoms with van der Waals surface area (Å²) in [6, 6.07) is 5.23. The minimum absolute atomic E-state index is 0.505. The molecule has 1 aromatic rings. The van der Waals surface area contributed by atoms with E-state index in [1.54, 1.807) is 12.1 Å². The van der Waals surface area contributed by atoms with Gasteiger partial charge in [0.1, 0.15) is 0 Å². The van der Waals surface area contributed by atoms with Crippen molar-refractivity contribution in [2.75, 3.05) is 17.3 Å². The maximum atomic E-state index is 8.86. The van der Waals surface area contributed by atoms with E-state index < -0.39 is 6.29 Å². The summed E-state index contributed by atoms with van der Waals surface area (Å²) in [7, 11) is 0. The lowest BCUT2D eigenvalue weighted by molar-refractivity contribution is -0.0424. The molecule has 12 heavy (non-hydrogen) atoms.